The van der Waals surface area contributed by atoms with Gasteiger partial charge in [-0.3, -0.25) is 0 Å². The van der Waals surface area contributed by atoms with Gasteiger partial charge in [0.05, 0.1) is 0 Å². The summed E-state index contributed by atoms with van der Waals surface area (Å²) in [6.07, 6.45) is 2.14. The molecule has 0 spiro atoms. The summed E-state index contributed by atoms with van der Waals surface area (Å²) < 4.78 is 11.8. The second kappa shape index (κ2) is 5.10. The van der Waals surface area contributed by atoms with Crippen LogP contribution in [0.4, 0.5) is 3.89 Å². The molecule has 0 aromatic carbocycles. The molecule has 0 heterocycles. The van der Waals surface area contributed by atoms with Crippen molar-refractivity contribution in [1.82, 2.24) is 0 Å². The van der Waals surface area contributed by atoms with Gasteiger partial charge in [0.1, 0.15) is 0 Å². The third-order valence-corrected chi connectivity index (χ3v) is 1.84. The van der Waals surface area contributed by atoms with Crippen LogP contribution in [0.1, 0.15) is 33.6 Å². The van der Waals surface area contributed by atoms with Crippen LogP contribution in [0.2, 0.25) is 0 Å². The van der Waals surface area contributed by atoms with Crippen molar-refractivity contribution in [3.05, 3.63) is 0 Å². The molecule has 0 bridgehead atoms. The molecule has 0 rings (SSSR count). The fraction of sp³-hybridized carbons (Fsp3) is 1.00. The van der Waals surface area contributed by atoms with E-state index in [0.717, 1.165) is 12.8 Å². The lowest BCUT2D eigenvalue weighted by Gasteiger charge is -2.06. The van der Waals surface area contributed by atoms with Gasteiger partial charge in [0.25, 0.3) is 0 Å². The van der Waals surface area contributed by atoms with Gasteiger partial charge in [0.15, 0.2) is 0 Å². The van der Waals surface area contributed by atoms with Gasteiger partial charge < -0.3 is 0 Å². The van der Waals surface area contributed by atoms with E-state index in [0.29, 0.717) is 18.1 Å². The molecule has 0 aliphatic carbocycles. The van der Waals surface area contributed by atoms with Gasteiger partial charge in [0, 0.05) is 17.4 Å². The molecule has 2 heteroatoms. The SMILES string of the molecule is CC(C)CCC(C)SF. The number of rotatable bonds is 4. The van der Waals surface area contributed by atoms with E-state index in [1.807, 2.05) is 6.92 Å². The van der Waals surface area contributed by atoms with Crippen LogP contribution in [0.5, 0.6) is 0 Å². The highest BCUT2D eigenvalue weighted by molar-refractivity contribution is 7.94. The van der Waals surface area contributed by atoms with Crippen LogP contribution in [-0.2, 0) is 0 Å². The summed E-state index contributed by atoms with van der Waals surface area (Å²) in [5.74, 6) is 0.708. The monoisotopic (exact) mass is 150 g/mol. The van der Waals surface area contributed by atoms with E-state index >= 15 is 0 Å². The minimum absolute atomic E-state index is 0.187. The molecule has 0 amide bonds. The average Bonchev–Trinajstić information content (AvgIpc) is 1.83. The lowest BCUT2D eigenvalue weighted by molar-refractivity contribution is 0.552. The second-order valence-corrected chi connectivity index (χ2v) is 3.85. The Hall–Kier alpha value is 0.280. The predicted octanol–water partition coefficient (Wildman–Crippen LogP) is 3.43. The summed E-state index contributed by atoms with van der Waals surface area (Å²) in [4.78, 5) is 0. The molecule has 0 radical (unpaired) electrons. The standard InChI is InChI=1S/C7H15FS/c1-6(2)4-5-7(3)9-8/h6-7H,4-5H2,1-3H3. The molecule has 0 aliphatic heterocycles. The Morgan fingerprint density at radius 1 is 1.22 bits per heavy atom. The molecule has 1 atom stereocenters. The first-order chi connectivity index (χ1) is 4.16. The number of hydrogen-bond donors (Lipinski definition) is 0. The highest BCUT2D eigenvalue weighted by Gasteiger charge is 2.02. The van der Waals surface area contributed by atoms with Crippen molar-refractivity contribution in [1.29, 1.82) is 0 Å². The molecule has 0 N–H and O–H groups in total. The van der Waals surface area contributed by atoms with Gasteiger partial charge in [-0.1, -0.05) is 20.8 Å². The highest BCUT2D eigenvalue weighted by Crippen LogP contribution is 2.18. The maximum absolute atomic E-state index is 11.8. The lowest BCUT2D eigenvalue weighted by Crippen LogP contribution is -1.96. The maximum Gasteiger partial charge on any atom is 0.0474 e. The Bertz CT molecular complexity index is 63.9. The van der Waals surface area contributed by atoms with Crippen molar-refractivity contribution in [3.63, 3.8) is 0 Å². The molecule has 9 heavy (non-hydrogen) atoms. The van der Waals surface area contributed by atoms with Gasteiger partial charge in [-0.15, -0.1) is 0 Å². The molecule has 0 aromatic rings. The van der Waals surface area contributed by atoms with Gasteiger partial charge in [-0.2, -0.15) is 3.89 Å². The van der Waals surface area contributed by atoms with Crippen LogP contribution in [0.3, 0.4) is 0 Å². The van der Waals surface area contributed by atoms with Crippen LogP contribution < -0.4 is 0 Å². The largest absolute Gasteiger partial charge is 0.165 e. The van der Waals surface area contributed by atoms with Gasteiger partial charge in [-0.05, 0) is 18.8 Å². The molecule has 0 aromatic heterocycles. The van der Waals surface area contributed by atoms with E-state index < -0.39 is 0 Å². The van der Waals surface area contributed by atoms with Crippen LogP contribution in [0.15, 0.2) is 0 Å². The number of hydrogen-bond acceptors (Lipinski definition) is 1. The Labute approximate surface area is 61.5 Å². The fourth-order valence-corrected chi connectivity index (χ4v) is 0.838. The summed E-state index contributed by atoms with van der Waals surface area (Å²) in [6.45, 7) is 6.25. The van der Waals surface area contributed by atoms with Crippen molar-refractivity contribution in [2.24, 2.45) is 5.92 Å². The molecule has 1 unspecified atom stereocenters. The zero-order valence-electron chi connectivity index (χ0n) is 6.36. The third-order valence-electron chi connectivity index (χ3n) is 1.30. The Morgan fingerprint density at radius 3 is 2.11 bits per heavy atom. The van der Waals surface area contributed by atoms with Gasteiger partial charge in [-0.25, -0.2) is 0 Å². The van der Waals surface area contributed by atoms with Crippen molar-refractivity contribution < 1.29 is 3.89 Å². The lowest BCUT2D eigenvalue weighted by atomic mass is 10.1. The van der Waals surface area contributed by atoms with Crippen molar-refractivity contribution in [3.8, 4) is 0 Å². The Balaban J connectivity index is 3.06. The first-order valence-corrected chi connectivity index (χ1v) is 4.22. The quantitative estimate of drug-likeness (QED) is 0.591. The first kappa shape index (κ1) is 9.28. The van der Waals surface area contributed by atoms with E-state index in [9.17, 15) is 3.89 Å². The highest BCUT2D eigenvalue weighted by atomic mass is 32.2. The van der Waals surface area contributed by atoms with Crippen molar-refractivity contribution >= 4 is 12.1 Å². The molecule has 0 aliphatic rings. The predicted molar refractivity (Wildman–Crippen MR) is 42.2 cm³/mol. The molecule has 56 valence electrons. The van der Waals surface area contributed by atoms with E-state index in [2.05, 4.69) is 13.8 Å². The van der Waals surface area contributed by atoms with E-state index in [4.69, 9.17) is 0 Å². The molecule has 0 nitrogen and oxygen atoms in total. The first-order valence-electron chi connectivity index (χ1n) is 3.44. The van der Waals surface area contributed by atoms with Crippen LogP contribution in [-0.4, -0.2) is 5.25 Å². The zero-order valence-corrected chi connectivity index (χ0v) is 7.17. The van der Waals surface area contributed by atoms with Crippen molar-refractivity contribution in [2.45, 2.75) is 38.9 Å². The summed E-state index contributed by atoms with van der Waals surface area (Å²) in [5, 5.41) is 0.187. The van der Waals surface area contributed by atoms with E-state index in [-0.39, 0.29) is 5.25 Å². The van der Waals surface area contributed by atoms with Gasteiger partial charge >= 0.3 is 0 Å². The topological polar surface area (TPSA) is 0 Å². The summed E-state index contributed by atoms with van der Waals surface area (Å²) in [5.41, 5.74) is 0. The molecule has 0 saturated carbocycles. The zero-order chi connectivity index (χ0) is 7.28. The maximum atomic E-state index is 11.8. The Kier molecular flexibility index (Phi) is 5.25. The third kappa shape index (κ3) is 6.16. The minimum Gasteiger partial charge on any atom is -0.165 e. The Morgan fingerprint density at radius 2 is 1.78 bits per heavy atom. The summed E-state index contributed by atoms with van der Waals surface area (Å²) in [7, 11) is 0. The smallest absolute Gasteiger partial charge is 0.0474 e. The van der Waals surface area contributed by atoms with E-state index in [1.54, 1.807) is 0 Å². The molecule has 0 saturated heterocycles. The van der Waals surface area contributed by atoms with Crippen LogP contribution in [0, 0.1) is 5.92 Å². The molecular weight excluding hydrogens is 135 g/mol. The second-order valence-electron chi connectivity index (χ2n) is 2.87. The van der Waals surface area contributed by atoms with Crippen LogP contribution in [0.25, 0.3) is 0 Å². The van der Waals surface area contributed by atoms with Gasteiger partial charge in [0.2, 0.25) is 0 Å². The average molecular weight is 150 g/mol. The normalized spacial score (nSPS) is 14.3. The number of halogens is 1. The van der Waals surface area contributed by atoms with Crippen molar-refractivity contribution in [2.75, 3.05) is 0 Å². The summed E-state index contributed by atoms with van der Waals surface area (Å²) >= 11 is 0.467. The minimum atomic E-state index is 0.187. The molecule has 0 fully saturated rings. The van der Waals surface area contributed by atoms with E-state index in [1.165, 1.54) is 0 Å². The molecular formula is C7H15FS. The van der Waals surface area contributed by atoms with Crippen LogP contribution >= 0.6 is 12.1 Å². The fourth-order valence-electron chi connectivity index (χ4n) is 0.613. The summed E-state index contributed by atoms with van der Waals surface area (Å²) in [6, 6.07) is 0.